The zero-order valence-corrected chi connectivity index (χ0v) is 15.3. The van der Waals surface area contributed by atoms with Gasteiger partial charge in [-0.25, -0.2) is 4.79 Å². The first-order valence-electron chi connectivity index (χ1n) is 8.07. The Morgan fingerprint density at radius 2 is 1.87 bits per heavy atom. The zero-order valence-electron chi connectivity index (χ0n) is 15.3. The third-order valence-electron chi connectivity index (χ3n) is 3.76. The molecule has 0 aliphatic rings. The number of carbonyl (C=O) groups excluding carboxylic acids is 2. The number of carbonyl (C=O) groups is 2. The van der Waals surface area contributed by atoms with Gasteiger partial charge in [-0.15, -0.1) is 0 Å². The molecule has 0 saturated carbocycles. The first-order chi connectivity index (χ1) is 10.7. The lowest BCUT2D eigenvalue weighted by molar-refractivity contribution is -0.147. The van der Waals surface area contributed by atoms with Crippen LogP contribution < -0.4 is 0 Å². The normalized spacial score (nSPS) is 14.9. The van der Waals surface area contributed by atoms with Gasteiger partial charge in [0.25, 0.3) is 0 Å². The van der Waals surface area contributed by atoms with E-state index in [2.05, 4.69) is 36.6 Å². The van der Waals surface area contributed by atoms with Crippen molar-refractivity contribution in [3.8, 4) is 0 Å². The molecule has 0 radical (unpaired) electrons. The molecule has 5 nitrogen and oxygen atoms in total. The Kier molecular flexibility index (Phi) is 10.2. The van der Waals surface area contributed by atoms with Crippen LogP contribution in [0.5, 0.6) is 0 Å². The summed E-state index contributed by atoms with van der Waals surface area (Å²) < 4.78 is 9.43. The van der Waals surface area contributed by atoms with Crippen LogP contribution in [-0.2, 0) is 19.1 Å². The summed E-state index contributed by atoms with van der Waals surface area (Å²) in [6.07, 6.45) is 7.33. The van der Waals surface area contributed by atoms with Crippen molar-refractivity contribution in [2.45, 2.75) is 65.3 Å². The molecule has 2 atom stereocenters. The van der Waals surface area contributed by atoms with Crippen LogP contribution in [0.2, 0.25) is 0 Å². The van der Waals surface area contributed by atoms with Gasteiger partial charge >= 0.3 is 11.9 Å². The minimum atomic E-state index is -1.04. The lowest BCUT2D eigenvalue weighted by Gasteiger charge is -2.21. The molecule has 0 saturated heterocycles. The van der Waals surface area contributed by atoms with Crippen molar-refractivity contribution in [1.29, 1.82) is 0 Å². The molecule has 0 N–H and O–H groups in total. The van der Waals surface area contributed by atoms with Gasteiger partial charge in [0.1, 0.15) is 0 Å². The molecule has 0 aromatic rings. The van der Waals surface area contributed by atoms with Crippen LogP contribution >= 0.6 is 0 Å². The number of nitrogens with zero attached hydrogens (tertiary/aromatic N) is 1. The van der Waals surface area contributed by atoms with Crippen LogP contribution in [0, 0.1) is 5.92 Å². The fourth-order valence-electron chi connectivity index (χ4n) is 2.10. The maximum Gasteiger partial charge on any atom is 0.333 e. The van der Waals surface area contributed by atoms with Gasteiger partial charge in [-0.2, -0.15) is 0 Å². The number of ether oxygens (including phenoxy) is 2. The average Bonchev–Trinajstić information content (AvgIpc) is 2.51. The third kappa shape index (κ3) is 9.16. The van der Waals surface area contributed by atoms with E-state index in [9.17, 15) is 9.59 Å². The van der Waals surface area contributed by atoms with Crippen LogP contribution in [0.25, 0.3) is 0 Å². The van der Waals surface area contributed by atoms with Crippen LogP contribution in [0.15, 0.2) is 16.6 Å². The molecule has 0 aliphatic heterocycles. The van der Waals surface area contributed by atoms with Crippen molar-refractivity contribution < 1.29 is 19.1 Å². The van der Waals surface area contributed by atoms with Gasteiger partial charge in [0.05, 0.1) is 14.2 Å². The summed E-state index contributed by atoms with van der Waals surface area (Å²) in [5, 5.41) is 0. The fourth-order valence-corrected chi connectivity index (χ4v) is 2.10. The number of allylic oxidation sites excluding steroid dienone is 2. The smallest absolute Gasteiger partial charge is 0.333 e. The second-order valence-electron chi connectivity index (χ2n) is 6.35. The largest absolute Gasteiger partial charge is 0.469 e. The highest BCUT2D eigenvalue weighted by Crippen LogP contribution is 2.20. The van der Waals surface area contributed by atoms with Gasteiger partial charge in [-0.05, 0) is 52.4 Å². The Morgan fingerprint density at radius 3 is 2.39 bits per heavy atom. The minimum absolute atomic E-state index is 0.134. The molecule has 0 fully saturated rings. The van der Waals surface area contributed by atoms with Crippen LogP contribution in [-0.4, -0.2) is 37.9 Å². The van der Waals surface area contributed by atoms with Crippen molar-refractivity contribution in [1.82, 2.24) is 0 Å². The van der Waals surface area contributed by atoms with Gasteiger partial charge in [0.15, 0.2) is 5.54 Å². The highest BCUT2D eigenvalue weighted by Gasteiger charge is 2.33. The first-order valence-corrected chi connectivity index (χ1v) is 8.07. The van der Waals surface area contributed by atoms with Gasteiger partial charge in [0, 0.05) is 12.6 Å². The van der Waals surface area contributed by atoms with Crippen molar-refractivity contribution in [2.75, 3.05) is 14.2 Å². The molecular weight excluding hydrogens is 294 g/mol. The third-order valence-corrected chi connectivity index (χ3v) is 3.76. The standard InChI is InChI=1S/C18H31NO4/c1-14(2)8-7-9-15(3)11-13-19-18(4,17(21)23-6)12-10-16(20)22-5/h8,13,15H,7,9-12H2,1-6H3/t15-,18?/m1/s1. The summed E-state index contributed by atoms with van der Waals surface area (Å²) in [7, 11) is 2.66. The second-order valence-corrected chi connectivity index (χ2v) is 6.35. The lowest BCUT2D eigenvalue weighted by Crippen LogP contribution is -2.35. The Bertz CT molecular complexity index is 438. The molecule has 0 aromatic heterocycles. The highest BCUT2D eigenvalue weighted by molar-refractivity contribution is 5.83. The first kappa shape index (κ1) is 21.4. The molecule has 0 aliphatic carbocycles. The van der Waals surface area contributed by atoms with Crippen molar-refractivity contribution >= 4 is 18.2 Å². The molecule has 5 heteroatoms. The number of hydrogen-bond acceptors (Lipinski definition) is 5. The van der Waals surface area contributed by atoms with Crippen LogP contribution in [0.3, 0.4) is 0 Å². The summed E-state index contributed by atoms with van der Waals surface area (Å²) >= 11 is 0. The Labute approximate surface area is 140 Å². The van der Waals surface area contributed by atoms with Gasteiger partial charge in [-0.3, -0.25) is 9.79 Å². The maximum absolute atomic E-state index is 12.0. The van der Waals surface area contributed by atoms with Crippen molar-refractivity contribution in [3.63, 3.8) is 0 Å². The highest BCUT2D eigenvalue weighted by atomic mass is 16.5. The summed E-state index contributed by atoms with van der Waals surface area (Å²) in [6, 6.07) is 0. The molecule has 0 spiro atoms. The van der Waals surface area contributed by atoms with Crippen molar-refractivity contribution in [2.24, 2.45) is 10.9 Å². The topological polar surface area (TPSA) is 65.0 Å². The Morgan fingerprint density at radius 1 is 1.22 bits per heavy atom. The molecular formula is C18H31NO4. The molecule has 1 unspecified atom stereocenters. The molecule has 0 aromatic carbocycles. The summed E-state index contributed by atoms with van der Waals surface area (Å²) in [5.41, 5.74) is 0.287. The van der Waals surface area contributed by atoms with E-state index in [1.807, 2.05) is 0 Å². The molecule has 23 heavy (non-hydrogen) atoms. The van der Waals surface area contributed by atoms with Crippen molar-refractivity contribution in [3.05, 3.63) is 11.6 Å². The van der Waals surface area contributed by atoms with Gasteiger partial charge in [-0.1, -0.05) is 18.6 Å². The van der Waals surface area contributed by atoms with E-state index >= 15 is 0 Å². The van der Waals surface area contributed by atoms with Gasteiger partial charge < -0.3 is 9.47 Å². The molecule has 0 amide bonds. The monoisotopic (exact) mass is 325 g/mol. The fraction of sp³-hybridized carbons (Fsp3) is 0.722. The van der Waals surface area contributed by atoms with E-state index in [-0.39, 0.29) is 18.8 Å². The molecule has 0 rings (SSSR count). The number of hydrogen-bond donors (Lipinski definition) is 0. The number of methoxy groups -OCH3 is 2. The van der Waals surface area contributed by atoms with E-state index in [1.165, 1.54) is 19.8 Å². The summed E-state index contributed by atoms with van der Waals surface area (Å²) in [5.74, 6) is -0.308. The van der Waals surface area contributed by atoms with E-state index in [4.69, 9.17) is 4.74 Å². The maximum atomic E-state index is 12.0. The minimum Gasteiger partial charge on any atom is -0.469 e. The predicted molar refractivity (Wildman–Crippen MR) is 92.6 cm³/mol. The average molecular weight is 325 g/mol. The Balaban J connectivity index is 4.60. The van der Waals surface area contributed by atoms with Crippen LogP contribution in [0.4, 0.5) is 0 Å². The van der Waals surface area contributed by atoms with Gasteiger partial charge in [0.2, 0.25) is 0 Å². The SMILES string of the molecule is COC(=O)CCC(C)(N=CC[C@H](C)CCC=C(C)C)C(=O)OC. The second kappa shape index (κ2) is 11.0. The van der Waals surface area contributed by atoms with E-state index in [0.29, 0.717) is 5.92 Å². The molecule has 0 bridgehead atoms. The van der Waals surface area contributed by atoms with E-state index in [1.54, 1.807) is 13.1 Å². The summed E-state index contributed by atoms with van der Waals surface area (Å²) in [6.45, 7) is 8.03. The predicted octanol–water partition coefficient (Wildman–Crippen LogP) is 3.71. The van der Waals surface area contributed by atoms with Crippen LogP contribution in [0.1, 0.15) is 59.8 Å². The Hall–Kier alpha value is -1.65. The lowest BCUT2D eigenvalue weighted by atomic mass is 9.96. The number of esters is 2. The molecule has 132 valence electrons. The zero-order chi connectivity index (χ0) is 17.9. The molecule has 0 heterocycles. The van der Waals surface area contributed by atoms with E-state index in [0.717, 1.165) is 19.3 Å². The van der Waals surface area contributed by atoms with E-state index < -0.39 is 11.5 Å². The summed E-state index contributed by atoms with van der Waals surface area (Å²) in [4.78, 5) is 27.6. The number of aliphatic imine (C=N–C) groups is 1. The quantitative estimate of drug-likeness (QED) is 0.349. The number of rotatable bonds is 10.